The van der Waals surface area contributed by atoms with Crippen LogP contribution in [-0.2, 0) is 4.74 Å². The Kier molecular flexibility index (Phi) is 8.93. The lowest BCUT2D eigenvalue weighted by molar-refractivity contribution is 0.120. The Balaban J connectivity index is 3.88. The number of hydrogen-bond donors (Lipinski definition) is 0. The van der Waals surface area contributed by atoms with Gasteiger partial charge >= 0.3 is 0 Å². The molecule has 0 atom stereocenters. The predicted octanol–water partition coefficient (Wildman–Crippen LogP) is 2.36. The fourth-order valence-electron chi connectivity index (χ4n) is 1.60. The summed E-state index contributed by atoms with van der Waals surface area (Å²) in [5.74, 6) is 0.709. The van der Waals surface area contributed by atoms with Gasteiger partial charge in [0.15, 0.2) is 0 Å². The van der Waals surface area contributed by atoms with Crippen LogP contribution in [0.15, 0.2) is 0 Å². The van der Waals surface area contributed by atoms with Crippen LogP contribution >= 0.6 is 11.6 Å². The second-order valence-corrected chi connectivity index (χ2v) is 3.57. The summed E-state index contributed by atoms with van der Waals surface area (Å²) >= 11 is 5.75. The largest absolute Gasteiger partial charge is 0.383 e. The lowest BCUT2D eigenvalue weighted by Gasteiger charge is -2.29. The normalized spacial score (nSPS) is 11.5. The molecule has 0 aromatic heterocycles. The van der Waals surface area contributed by atoms with Crippen molar-refractivity contribution in [3.8, 4) is 0 Å². The molecular weight excluding hydrogens is 186 g/mol. The molecule has 0 N–H and O–H groups in total. The molecule has 2 nitrogen and oxygen atoms in total. The Hall–Kier alpha value is 0.210. The van der Waals surface area contributed by atoms with Crippen LogP contribution < -0.4 is 0 Å². The summed E-state index contributed by atoms with van der Waals surface area (Å²) in [5.41, 5.74) is 0. The number of ether oxygens (including phenoxy) is 1. The van der Waals surface area contributed by atoms with Crippen LogP contribution in [0.25, 0.3) is 0 Å². The third-order valence-electron chi connectivity index (χ3n) is 2.41. The van der Waals surface area contributed by atoms with E-state index in [0.29, 0.717) is 11.9 Å². The zero-order chi connectivity index (χ0) is 10.1. The van der Waals surface area contributed by atoms with Crippen molar-refractivity contribution in [3.63, 3.8) is 0 Å². The van der Waals surface area contributed by atoms with Gasteiger partial charge in [-0.2, -0.15) is 0 Å². The van der Waals surface area contributed by atoms with Gasteiger partial charge in [-0.25, -0.2) is 0 Å². The van der Waals surface area contributed by atoms with Gasteiger partial charge in [0.2, 0.25) is 0 Å². The Labute approximate surface area is 87.2 Å². The molecule has 0 unspecified atom stereocenters. The van der Waals surface area contributed by atoms with Crippen LogP contribution in [-0.4, -0.2) is 43.6 Å². The van der Waals surface area contributed by atoms with E-state index >= 15 is 0 Å². The van der Waals surface area contributed by atoms with Crippen molar-refractivity contribution in [2.24, 2.45) is 0 Å². The van der Waals surface area contributed by atoms with Gasteiger partial charge in [0, 0.05) is 32.1 Å². The van der Waals surface area contributed by atoms with E-state index in [4.69, 9.17) is 16.3 Å². The first kappa shape index (κ1) is 13.2. The van der Waals surface area contributed by atoms with E-state index in [0.717, 1.165) is 19.7 Å². The lowest BCUT2D eigenvalue weighted by atomic mass is 10.1. The third kappa shape index (κ3) is 5.50. The monoisotopic (exact) mass is 207 g/mol. The van der Waals surface area contributed by atoms with Crippen molar-refractivity contribution in [3.05, 3.63) is 0 Å². The average molecular weight is 208 g/mol. The summed E-state index contributed by atoms with van der Waals surface area (Å²) in [6.07, 6.45) is 2.38. The van der Waals surface area contributed by atoms with E-state index in [1.54, 1.807) is 7.11 Å². The summed E-state index contributed by atoms with van der Waals surface area (Å²) in [5, 5.41) is 0. The first-order chi connectivity index (χ1) is 6.29. The predicted molar refractivity (Wildman–Crippen MR) is 58.5 cm³/mol. The maximum absolute atomic E-state index is 5.75. The van der Waals surface area contributed by atoms with E-state index < -0.39 is 0 Å². The van der Waals surface area contributed by atoms with Gasteiger partial charge in [0.1, 0.15) is 0 Å². The number of methoxy groups -OCH3 is 1. The molecule has 0 aliphatic heterocycles. The number of rotatable bonds is 8. The molecule has 0 saturated heterocycles. The van der Waals surface area contributed by atoms with Crippen molar-refractivity contribution < 1.29 is 4.74 Å². The highest BCUT2D eigenvalue weighted by Gasteiger charge is 2.13. The van der Waals surface area contributed by atoms with Gasteiger partial charge in [-0.3, -0.25) is 4.90 Å². The zero-order valence-corrected chi connectivity index (χ0v) is 9.81. The lowest BCUT2D eigenvalue weighted by Crippen LogP contribution is -2.38. The molecule has 0 amide bonds. The highest BCUT2D eigenvalue weighted by Crippen LogP contribution is 2.08. The summed E-state index contributed by atoms with van der Waals surface area (Å²) in [6, 6.07) is 0.661. The summed E-state index contributed by atoms with van der Waals surface area (Å²) in [4.78, 5) is 2.41. The number of halogens is 1. The van der Waals surface area contributed by atoms with Crippen LogP contribution in [0.5, 0.6) is 0 Å². The van der Waals surface area contributed by atoms with Crippen molar-refractivity contribution >= 4 is 11.6 Å². The minimum Gasteiger partial charge on any atom is -0.383 e. The first-order valence-corrected chi connectivity index (χ1v) is 5.62. The van der Waals surface area contributed by atoms with Crippen molar-refractivity contribution in [2.45, 2.75) is 32.7 Å². The highest BCUT2D eigenvalue weighted by molar-refractivity contribution is 6.18. The summed E-state index contributed by atoms with van der Waals surface area (Å²) < 4.78 is 5.07. The van der Waals surface area contributed by atoms with Crippen molar-refractivity contribution in [1.29, 1.82) is 0 Å². The van der Waals surface area contributed by atoms with Gasteiger partial charge in [-0.05, 0) is 12.8 Å². The molecule has 0 aliphatic carbocycles. The molecule has 0 bridgehead atoms. The number of alkyl halides is 1. The van der Waals surface area contributed by atoms with E-state index in [1.165, 1.54) is 12.8 Å². The second kappa shape index (κ2) is 8.79. The van der Waals surface area contributed by atoms with Crippen LogP contribution in [0.3, 0.4) is 0 Å². The zero-order valence-electron chi connectivity index (χ0n) is 9.05. The van der Waals surface area contributed by atoms with Crippen LogP contribution in [0.2, 0.25) is 0 Å². The van der Waals surface area contributed by atoms with Crippen molar-refractivity contribution in [2.75, 3.05) is 32.7 Å². The van der Waals surface area contributed by atoms with Crippen LogP contribution in [0.4, 0.5) is 0 Å². The van der Waals surface area contributed by atoms with Crippen LogP contribution in [0, 0.1) is 0 Å². The molecule has 0 rings (SSSR count). The Morgan fingerprint density at radius 2 is 1.85 bits per heavy atom. The van der Waals surface area contributed by atoms with E-state index in [9.17, 15) is 0 Å². The second-order valence-electron chi connectivity index (χ2n) is 3.19. The first-order valence-electron chi connectivity index (χ1n) is 5.09. The fourth-order valence-corrected chi connectivity index (χ4v) is 1.82. The molecule has 13 heavy (non-hydrogen) atoms. The van der Waals surface area contributed by atoms with Crippen molar-refractivity contribution in [1.82, 2.24) is 4.90 Å². The molecule has 0 spiro atoms. The minimum absolute atomic E-state index is 0.661. The van der Waals surface area contributed by atoms with E-state index in [-0.39, 0.29) is 0 Å². The smallest absolute Gasteiger partial charge is 0.0589 e. The van der Waals surface area contributed by atoms with Gasteiger partial charge in [-0.1, -0.05) is 13.8 Å². The van der Waals surface area contributed by atoms with Crippen LogP contribution in [0.1, 0.15) is 26.7 Å². The maximum Gasteiger partial charge on any atom is 0.0589 e. The van der Waals surface area contributed by atoms with Gasteiger partial charge in [0.05, 0.1) is 6.61 Å². The molecule has 0 aromatic carbocycles. The Bertz CT molecular complexity index is 107. The Morgan fingerprint density at radius 3 is 2.23 bits per heavy atom. The standard InChI is InChI=1S/C10H22ClNO/c1-4-10(5-2)12(7-6-11)8-9-13-3/h10H,4-9H2,1-3H3. The molecular formula is C10H22ClNO. The summed E-state index contributed by atoms with van der Waals surface area (Å²) in [7, 11) is 1.74. The molecule has 3 heteroatoms. The molecule has 0 radical (unpaired) electrons. The molecule has 80 valence electrons. The Morgan fingerprint density at radius 1 is 1.23 bits per heavy atom. The minimum atomic E-state index is 0.661. The van der Waals surface area contributed by atoms with E-state index in [1.807, 2.05) is 0 Å². The number of hydrogen-bond acceptors (Lipinski definition) is 2. The van der Waals surface area contributed by atoms with Gasteiger partial charge < -0.3 is 4.74 Å². The van der Waals surface area contributed by atoms with Gasteiger partial charge in [0.25, 0.3) is 0 Å². The summed E-state index contributed by atoms with van der Waals surface area (Å²) in [6.45, 7) is 7.21. The molecule has 0 aliphatic rings. The van der Waals surface area contributed by atoms with E-state index in [2.05, 4.69) is 18.7 Å². The number of nitrogens with zero attached hydrogens (tertiary/aromatic N) is 1. The quantitative estimate of drug-likeness (QED) is 0.567. The topological polar surface area (TPSA) is 12.5 Å². The maximum atomic E-state index is 5.75. The molecule has 0 aromatic rings. The third-order valence-corrected chi connectivity index (χ3v) is 2.58. The highest BCUT2D eigenvalue weighted by atomic mass is 35.5. The SMILES string of the molecule is CCC(CC)N(CCCl)CCOC. The average Bonchev–Trinajstić information content (AvgIpc) is 2.16. The molecule has 0 fully saturated rings. The molecule has 0 saturated carbocycles. The fraction of sp³-hybridized carbons (Fsp3) is 1.00. The molecule has 0 heterocycles. The van der Waals surface area contributed by atoms with Gasteiger partial charge in [-0.15, -0.1) is 11.6 Å².